The highest BCUT2D eigenvalue weighted by Crippen LogP contribution is 2.25. The third-order valence-corrected chi connectivity index (χ3v) is 3.82. The molecule has 0 aromatic carbocycles. The molecule has 3 heterocycles. The van der Waals surface area contributed by atoms with Crippen molar-refractivity contribution >= 4 is 0 Å². The number of pyridine rings is 1. The number of rotatable bonds is 5. The molecule has 0 aliphatic carbocycles. The lowest BCUT2D eigenvalue weighted by molar-refractivity contribution is 0.196. The largest absolute Gasteiger partial charge is 0.478 e. The Morgan fingerprint density at radius 1 is 1.38 bits per heavy atom. The molecule has 2 aromatic rings. The van der Waals surface area contributed by atoms with Gasteiger partial charge < -0.3 is 4.74 Å². The van der Waals surface area contributed by atoms with Crippen molar-refractivity contribution in [2.45, 2.75) is 32.2 Å². The van der Waals surface area contributed by atoms with Gasteiger partial charge in [-0.2, -0.15) is 5.10 Å². The highest BCUT2D eigenvalue weighted by molar-refractivity contribution is 5.18. The van der Waals surface area contributed by atoms with Crippen LogP contribution in [0.5, 0.6) is 5.88 Å². The normalized spacial score (nSPS) is 19.6. The van der Waals surface area contributed by atoms with Gasteiger partial charge in [0, 0.05) is 31.3 Å². The molecule has 1 fully saturated rings. The van der Waals surface area contributed by atoms with Gasteiger partial charge in [-0.05, 0) is 31.9 Å². The van der Waals surface area contributed by atoms with Crippen LogP contribution in [0, 0.1) is 0 Å². The van der Waals surface area contributed by atoms with Gasteiger partial charge in [0.2, 0.25) is 5.88 Å². The van der Waals surface area contributed by atoms with Gasteiger partial charge in [-0.1, -0.05) is 6.07 Å². The summed E-state index contributed by atoms with van der Waals surface area (Å²) in [6, 6.07) is 4.03. The Bertz CT molecular complexity index is 540. The minimum atomic E-state index is 0.455. The summed E-state index contributed by atoms with van der Waals surface area (Å²) < 4.78 is 5.37. The van der Waals surface area contributed by atoms with E-state index in [0.717, 1.165) is 25.5 Å². The third kappa shape index (κ3) is 3.58. The van der Waals surface area contributed by atoms with E-state index in [1.165, 1.54) is 18.4 Å². The first-order chi connectivity index (χ1) is 10.3. The van der Waals surface area contributed by atoms with Gasteiger partial charge in [0.1, 0.15) is 12.2 Å². The molecule has 112 valence electrons. The van der Waals surface area contributed by atoms with Crippen molar-refractivity contribution in [3.05, 3.63) is 36.0 Å². The number of aromatic amines is 1. The Labute approximate surface area is 124 Å². The van der Waals surface area contributed by atoms with E-state index in [1.54, 1.807) is 6.33 Å². The monoisotopic (exact) mass is 287 g/mol. The molecule has 0 radical (unpaired) electrons. The lowest BCUT2D eigenvalue weighted by Gasteiger charge is -2.31. The molecule has 6 heteroatoms. The molecular weight excluding hydrogens is 266 g/mol. The van der Waals surface area contributed by atoms with Crippen LogP contribution in [-0.4, -0.2) is 44.8 Å². The van der Waals surface area contributed by atoms with Crippen LogP contribution in [0.15, 0.2) is 24.7 Å². The molecule has 2 aromatic heterocycles. The molecular formula is C15H21N5O. The fourth-order valence-electron chi connectivity index (χ4n) is 2.83. The lowest BCUT2D eigenvalue weighted by atomic mass is 9.97. The molecule has 6 nitrogen and oxygen atoms in total. The maximum absolute atomic E-state index is 5.37. The summed E-state index contributed by atoms with van der Waals surface area (Å²) in [5.74, 6) is 2.15. The van der Waals surface area contributed by atoms with E-state index in [9.17, 15) is 0 Å². The van der Waals surface area contributed by atoms with Crippen LogP contribution < -0.4 is 4.74 Å². The molecule has 0 bridgehead atoms. The quantitative estimate of drug-likeness (QED) is 0.910. The second-order valence-corrected chi connectivity index (χ2v) is 5.38. The fourth-order valence-corrected chi connectivity index (χ4v) is 2.83. The zero-order valence-corrected chi connectivity index (χ0v) is 12.3. The van der Waals surface area contributed by atoms with Gasteiger partial charge >= 0.3 is 0 Å². The smallest absolute Gasteiger partial charge is 0.213 e. The highest BCUT2D eigenvalue weighted by atomic mass is 16.5. The Morgan fingerprint density at radius 2 is 2.33 bits per heavy atom. The summed E-state index contributed by atoms with van der Waals surface area (Å²) in [6.07, 6.45) is 5.86. The summed E-state index contributed by atoms with van der Waals surface area (Å²) in [5, 5.41) is 6.95. The average molecular weight is 287 g/mol. The van der Waals surface area contributed by atoms with Crippen molar-refractivity contribution in [1.82, 2.24) is 25.1 Å². The van der Waals surface area contributed by atoms with Gasteiger partial charge in [0.15, 0.2) is 0 Å². The number of hydrogen-bond acceptors (Lipinski definition) is 5. The summed E-state index contributed by atoms with van der Waals surface area (Å²) in [7, 11) is 0. The van der Waals surface area contributed by atoms with Crippen molar-refractivity contribution in [1.29, 1.82) is 0 Å². The second kappa shape index (κ2) is 6.67. The standard InChI is InChI=1S/C15H21N5O/c1-2-21-14-6-5-12(8-16-14)9-20-7-3-4-13(10-20)15-17-11-18-19-15/h5-6,8,11,13H,2-4,7,9-10H2,1H3,(H,17,18,19). The summed E-state index contributed by atoms with van der Waals surface area (Å²) in [4.78, 5) is 11.1. The first kappa shape index (κ1) is 14.0. The molecule has 3 rings (SSSR count). The highest BCUT2D eigenvalue weighted by Gasteiger charge is 2.23. The van der Waals surface area contributed by atoms with Crippen molar-refractivity contribution < 1.29 is 4.74 Å². The molecule has 1 unspecified atom stereocenters. The van der Waals surface area contributed by atoms with Gasteiger partial charge in [0.25, 0.3) is 0 Å². The first-order valence-corrected chi connectivity index (χ1v) is 7.50. The van der Waals surface area contributed by atoms with Crippen LogP contribution in [0.25, 0.3) is 0 Å². The van der Waals surface area contributed by atoms with E-state index in [-0.39, 0.29) is 0 Å². The van der Waals surface area contributed by atoms with Crippen molar-refractivity contribution in [3.8, 4) is 5.88 Å². The van der Waals surface area contributed by atoms with E-state index in [0.29, 0.717) is 18.4 Å². The van der Waals surface area contributed by atoms with Crippen LogP contribution in [0.3, 0.4) is 0 Å². The maximum atomic E-state index is 5.37. The first-order valence-electron chi connectivity index (χ1n) is 7.50. The SMILES string of the molecule is CCOc1ccc(CN2CCCC(c3ncn[nH]3)C2)cn1. The fraction of sp³-hybridized carbons (Fsp3) is 0.533. The molecule has 1 aliphatic rings. The van der Waals surface area contributed by atoms with Gasteiger partial charge in [-0.3, -0.25) is 10.00 Å². The average Bonchev–Trinajstić information content (AvgIpc) is 3.04. The molecule has 1 atom stereocenters. The van der Waals surface area contributed by atoms with Crippen molar-refractivity contribution in [3.63, 3.8) is 0 Å². The predicted octanol–water partition coefficient (Wildman–Crippen LogP) is 1.98. The van der Waals surface area contributed by atoms with Crippen LogP contribution in [0.2, 0.25) is 0 Å². The zero-order valence-electron chi connectivity index (χ0n) is 12.3. The maximum Gasteiger partial charge on any atom is 0.213 e. The molecule has 0 amide bonds. The van der Waals surface area contributed by atoms with Gasteiger partial charge in [0.05, 0.1) is 6.61 Å². The number of nitrogens with zero attached hydrogens (tertiary/aromatic N) is 4. The molecule has 0 spiro atoms. The Balaban J connectivity index is 1.59. The van der Waals surface area contributed by atoms with E-state index in [2.05, 4.69) is 31.1 Å². The summed E-state index contributed by atoms with van der Waals surface area (Å²) >= 11 is 0. The number of aromatic nitrogens is 4. The van der Waals surface area contributed by atoms with Crippen LogP contribution in [0.4, 0.5) is 0 Å². The Hall–Kier alpha value is -1.95. The third-order valence-electron chi connectivity index (χ3n) is 3.82. The number of piperidine rings is 1. The zero-order chi connectivity index (χ0) is 14.5. The van der Waals surface area contributed by atoms with Crippen LogP contribution >= 0.6 is 0 Å². The molecule has 21 heavy (non-hydrogen) atoms. The number of H-pyrrole nitrogens is 1. The minimum Gasteiger partial charge on any atom is -0.478 e. The van der Waals surface area contributed by atoms with E-state index < -0.39 is 0 Å². The number of hydrogen-bond donors (Lipinski definition) is 1. The molecule has 0 saturated carbocycles. The predicted molar refractivity (Wildman–Crippen MR) is 79.0 cm³/mol. The second-order valence-electron chi connectivity index (χ2n) is 5.38. The van der Waals surface area contributed by atoms with E-state index in [1.807, 2.05) is 19.2 Å². The summed E-state index contributed by atoms with van der Waals surface area (Å²) in [6.45, 7) is 5.68. The van der Waals surface area contributed by atoms with Gasteiger partial charge in [-0.15, -0.1) is 0 Å². The Kier molecular flexibility index (Phi) is 4.45. The number of nitrogens with one attached hydrogen (secondary N) is 1. The topological polar surface area (TPSA) is 66.9 Å². The van der Waals surface area contributed by atoms with E-state index >= 15 is 0 Å². The number of ether oxygens (including phenoxy) is 1. The lowest BCUT2D eigenvalue weighted by Crippen LogP contribution is -2.34. The number of likely N-dealkylation sites (tertiary alicyclic amines) is 1. The minimum absolute atomic E-state index is 0.455. The van der Waals surface area contributed by atoms with Crippen molar-refractivity contribution in [2.24, 2.45) is 0 Å². The van der Waals surface area contributed by atoms with Crippen molar-refractivity contribution in [2.75, 3.05) is 19.7 Å². The van der Waals surface area contributed by atoms with Crippen LogP contribution in [-0.2, 0) is 6.54 Å². The summed E-state index contributed by atoms with van der Waals surface area (Å²) in [5.41, 5.74) is 1.22. The molecule has 1 aliphatic heterocycles. The van der Waals surface area contributed by atoms with Gasteiger partial charge in [-0.25, -0.2) is 9.97 Å². The van der Waals surface area contributed by atoms with E-state index in [4.69, 9.17) is 4.74 Å². The molecule has 1 N–H and O–H groups in total. The Morgan fingerprint density at radius 3 is 3.05 bits per heavy atom. The van der Waals surface area contributed by atoms with Crippen LogP contribution in [0.1, 0.15) is 37.1 Å². The molecule has 1 saturated heterocycles.